The van der Waals surface area contributed by atoms with E-state index in [1.54, 1.807) is 0 Å². The van der Waals surface area contributed by atoms with E-state index in [4.69, 9.17) is 14.5 Å². The molecule has 1 unspecified atom stereocenters. The number of hydrogen-bond donors (Lipinski definition) is 3. The van der Waals surface area contributed by atoms with Gasteiger partial charge in [-0.15, -0.1) is 0 Å². The second-order valence-corrected chi connectivity index (χ2v) is 7.61. The minimum Gasteiger partial charge on any atom is -0.494 e. The summed E-state index contributed by atoms with van der Waals surface area (Å²) in [6.07, 6.45) is 5.03. The van der Waals surface area contributed by atoms with Crippen molar-refractivity contribution in [2.45, 2.75) is 71.1 Å². The number of benzene rings is 1. The number of aliphatic imine (C=N–C) groups is 1. The van der Waals surface area contributed by atoms with Gasteiger partial charge < -0.3 is 25.2 Å². The number of hydrogen-bond acceptors (Lipinski definition) is 4. The van der Waals surface area contributed by atoms with E-state index in [1.807, 2.05) is 13.8 Å². The summed E-state index contributed by atoms with van der Waals surface area (Å²) < 4.78 is 11.7. The molecule has 3 N–H and O–H groups in total. The van der Waals surface area contributed by atoms with Gasteiger partial charge in [-0.05, 0) is 45.7 Å². The van der Waals surface area contributed by atoms with Crippen LogP contribution in [-0.2, 0) is 13.0 Å². The summed E-state index contributed by atoms with van der Waals surface area (Å²) in [4.78, 5) is 4.71. The molecule has 1 aliphatic heterocycles. The Labute approximate surface area is 162 Å². The van der Waals surface area contributed by atoms with Crippen molar-refractivity contribution in [2.24, 2.45) is 4.99 Å². The first-order valence-corrected chi connectivity index (χ1v) is 10.2. The standard InChI is InChI=1S/C21H33N3O3/c1-4-22-20(24-14-21(25)8-6-7-9-21)23-13-17-12-19-16(10-15(3)27-19)11-18(17)26-5-2/h11-12,15,25H,4-10,13-14H2,1-3H3,(H2,22,23,24). The molecule has 1 aromatic rings. The Balaban J connectivity index is 1.72. The summed E-state index contributed by atoms with van der Waals surface area (Å²) in [6, 6.07) is 4.15. The van der Waals surface area contributed by atoms with E-state index >= 15 is 0 Å². The van der Waals surface area contributed by atoms with Crippen LogP contribution in [0.15, 0.2) is 17.1 Å². The summed E-state index contributed by atoms with van der Waals surface area (Å²) >= 11 is 0. The van der Waals surface area contributed by atoms with Crippen LogP contribution in [0.25, 0.3) is 0 Å². The third-order valence-electron chi connectivity index (χ3n) is 5.25. The lowest BCUT2D eigenvalue weighted by Gasteiger charge is -2.24. The van der Waals surface area contributed by atoms with Crippen molar-refractivity contribution in [3.05, 3.63) is 23.3 Å². The summed E-state index contributed by atoms with van der Waals surface area (Å²) in [5.74, 6) is 2.53. The highest BCUT2D eigenvalue weighted by Crippen LogP contribution is 2.35. The van der Waals surface area contributed by atoms with Gasteiger partial charge in [0.2, 0.25) is 0 Å². The highest BCUT2D eigenvalue weighted by atomic mass is 16.5. The zero-order chi connectivity index (χ0) is 19.3. The lowest BCUT2D eigenvalue weighted by atomic mass is 10.0. The zero-order valence-electron chi connectivity index (χ0n) is 16.8. The topological polar surface area (TPSA) is 75.1 Å². The van der Waals surface area contributed by atoms with Gasteiger partial charge in [0.1, 0.15) is 17.6 Å². The maximum atomic E-state index is 10.6. The number of guanidine groups is 1. The smallest absolute Gasteiger partial charge is 0.191 e. The van der Waals surface area contributed by atoms with Crippen molar-refractivity contribution in [2.75, 3.05) is 19.7 Å². The first-order chi connectivity index (χ1) is 13.0. The average Bonchev–Trinajstić information content (AvgIpc) is 3.22. The molecule has 3 rings (SSSR count). The van der Waals surface area contributed by atoms with E-state index < -0.39 is 5.60 Å². The molecule has 0 spiro atoms. The van der Waals surface area contributed by atoms with Gasteiger partial charge >= 0.3 is 0 Å². The molecular formula is C21H33N3O3. The Kier molecular flexibility index (Phi) is 6.47. The highest BCUT2D eigenvalue weighted by molar-refractivity contribution is 5.79. The normalized spacial score (nSPS) is 20.9. The van der Waals surface area contributed by atoms with Gasteiger partial charge in [0.15, 0.2) is 5.96 Å². The predicted molar refractivity (Wildman–Crippen MR) is 108 cm³/mol. The number of rotatable bonds is 7. The zero-order valence-corrected chi connectivity index (χ0v) is 16.8. The second-order valence-electron chi connectivity index (χ2n) is 7.61. The van der Waals surface area contributed by atoms with Gasteiger partial charge in [0, 0.05) is 30.6 Å². The quantitative estimate of drug-likeness (QED) is 0.505. The van der Waals surface area contributed by atoms with E-state index in [1.165, 1.54) is 5.56 Å². The molecule has 2 aliphatic rings. The molecule has 6 heteroatoms. The van der Waals surface area contributed by atoms with Crippen LogP contribution in [0.4, 0.5) is 0 Å². The molecule has 0 radical (unpaired) electrons. The van der Waals surface area contributed by atoms with Gasteiger partial charge in [-0.25, -0.2) is 4.99 Å². The SMILES string of the molecule is CCNC(=NCc1cc2c(cc1OCC)CC(C)O2)NCC1(O)CCCC1. The monoisotopic (exact) mass is 375 g/mol. The maximum Gasteiger partial charge on any atom is 0.191 e. The van der Waals surface area contributed by atoms with Gasteiger partial charge in [-0.3, -0.25) is 0 Å². The Morgan fingerprint density at radius 3 is 2.78 bits per heavy atom. The molecule has 0 saturated heterocycles. The van der Waals surface area contributed by atoms with Gasteiger partial charge in [-0.2, -0.15) is 0 Å². The lowest BCUT2D eigenvalue weighted by molar-refractivity contribution is 0.0522. The van der Waals surface area contributed by atoms with Crippen LogP contribution in [0.3, 0.4) is 0 Å². The minimum atomic E-state index is -0.607. The number of nitrogens with zero attached hydrogens (tertiary/aromatic N) is 1. The molecule has 1 fully saturated rings. The molecule has 1 heterocycles. The van der Waals surface area contributed by atoms with Gasteiger partial charge in [0.25, 0.3) is 0 Å². The Hall–Kier alpha value is -1.95. The van der Waals surface area contributed by atoms with Crippen molar-refractivity contribution in [1.29, 1.82) is 0 Å². The van der Waals surface area contributed by atoms with Crippen LogP contribution >= 0.6 is 0 Å². The van der Waals surface area contributed by atoms with E-state index in [-0.39, 0.29) is 6.10 Å². The van der Waals surface area contributed by atoms with Crippen LogP contribution in [0, 0.1) is 0 Å². The van der Waals surface area contributed by atoms with Crippen molar-refractivity contribution in [3.63, 3.8) is 0 Å². The fraction of sp³-hybridized carbons (Fsp3) is 0.667. The maximum absolute atomic E-state index is 10.6. The van der Waals surface area contributed by atoms with Crippen molar-refractivity contribution < 1.29 is 14.6 Å². The van der Waals surface area contributed by atoms with Crippen LogP contribution in [0.2, 0.25) is 0 Å². The van der Waals surface area contributed by atoms with E-state index in [0.717, 1.165) is 61.7 Å². The summed E-state index contributed by atoms with van der Waals surface area (Å²) in [6.45, 7) is 8.53. The van der Waals surface area contributed by atoms with Gasteiger partial charge in [-0.1, -0.05) is 12.8 Å². The van der Waals surface area contributed by atoms with E-state index in [9.17, 15) is 5.11 Å². The molecule has 150 valence electrons. The highest BCUT2D eigenvalue weighted by Gasteiger charge is 2.31. The largest absolute Gasteiger partial charge is 0.494 e. The summed E-state index contributed by atoms with van der Waals surface area (Å²) in [7, 11) is 0. The third kappa shape index (κ3) is 5.06. The molecule has 1 saturated carbocycles. The molecule has 27 heavy (non-hydrogen) atoms. The number of aliphatic hydroxyl groups is 1. The van der Waals surface area contributed by atoms with E-state index in [2.05, 4.69) is 29.7 Å². The van der Waals surface area contributed by atoms with Crippen molar-refractivity contribution >= 4 is 5.96 Å². The van der Waals surface area contributed by atoms with E-state index in [0.29, 0.717) is 19.7 Å². The number of nitrogens with one attached hydrogen (secondary N) is 2. The molecule has 0 aromatic heterocycles. The molecule has 0 amide bonds. The van der Waals surface area contributed by atoms with Crippen LogP contribution in [-0.4, -0.2) is 42.5 Å². The molecule has 6 nitrogen and oxygen atoms in total. The van der Waals surface area contributed by atoms with Crippen molar-refractivity contribution in [3.8, 4) is 11.5 Å². The third-order valence-corrected chi connectivity index (χ3v) is 5.25. The first-order valence-electron chi connectivity index (χ1n) is 10.2. The predicted octanol–water partition coefficient (Wildman–Crippen LogP) is 2.77. The minimum absolute atomic E-state index is 0.208. The Morgan fingerprint density at radius 1 is 1.30 bits per heavy atom. The number of ether oxygens (including phenoxy) is 2. The summed E-state index contributed by atoms with van der Waals surface area (Å²) in [5.41, 5.74) is 1.61. The molecule has 1 atom stereocenters. The van der Waals surface area contributed by atoms with Crippen LogP contribution in [0.1, 0.15) is 57.6 Å². The van der Waals surface area contributed by atoms with Crippen LogP contribution in [0.5, 0.6) is 11.5 Å². The summed E-state index contributed by atoms with van der Waals surface area (Å²) in [5, 5.41) is 17.1. The fourth-order valence-electron chi connectivity index (χ4n) is 3.86. The Morgan fingerprint density at radius 2 is 2.07 bits per heavy atom. The molecular weight excluding hydrogens is 342 g/mol. The molecule has 1 aromatic carbocycles. The van der Waals surface area contributed by atoms with Crippen molar-refractivity contribution in [1.82, 2.24) is 10.6 Å². The first kappa shape index (κ1) is 19.8. The molecule has 1 aliphatic carbocycles. The lowest BCUT2D eigenvalue weighted by Crippen LogP contribution is -2.46. The Bertz CT molecular complexity index is 669. The fourth-order valence-corrected chi connectivity index (χ4v) is 3.86. The average molecular weight is 376 g/mol. The molecule has 0 bridgehead atoms. The second kappa shape index (κ2) is 8.83. The van der Waals surface area contributed by atoms with Crippen LogP contribution < -0.4 is 20.1 Å². The van der Waals surface area contributed by atoms with Gasteiger partial charge in [0.05, 0.1) is 18.8 Å². The number of fused-ring (bicyclic) bond motifs is 1.